The maximum absolute atomic E-state index is 13.0. The van der Waals surface area contributed by atoms with Gasteiger partial charge in [-0.2, -0.15) is 0 Å². The predicted molar refractivity (Wildman–Crippen MR) is 80.5 cm³/mol. The molecule has 3 saturated carbocycles. The van der Waals surface area contributed by atoms with Crippen molar-refractivity contribution in [3.05, 3.63) is 0 Å². The van der Waals surface area contributed by atoms with Crippen LogP contribution in [0.5, 0.6) is 0 Å². The summed E-state index contributed by atoms with van der Waals surface area (Å²) in [7, 11) is 0. The molecule has 2 bridgehead atoms. The summed E-state index contributed by atoms with van der Waals surface area (Å²) >= 11 is 0. The fourth-order valence-corrected chi connectivity index (χ4v) is 5.22. The lowest BCUT2D eigenvalue weighted by molar-refractivity contribution is -0.191. The third-order valence-corrected chi connectivity index (χ3v) is 6.44. The van der Waals surface area contributed by atoms with E-state index in [1.807, 2.05) is 4.90 Å². The zero-order valence-electron chi connectivity index (χ0n) is 13.4. The van der Waals surface area contributed by atoms with Crippen molar-refractivity contribution in [2.24, 2.45) is 23.7 Å². The number of hydrogen-bond acceptors (Lipinski definition) is 4. The van der Waals surface area contributed by atoms with Gasteiger partial charge in [-0.3, -0.25) is 9.59 Å². The molecule has 0 aromatic rings. The number of piperidine rings is 1. The van der Waals surface area contributed by atoms with E-state index >= 15 is 0 Å². The van der Waals surface area contributed by atoms with E-state index in [9.17, 15) is 14.7 Å². The molecular formula is C17H25NO5. The molecule has 128 valence electrons. The first kappa shape index (κ1) is 15.4. The van der Waals surface area contributed by atoms with Crippen molar-refractivity contribution >= 4 is 11.9 Å². The number of rotatable bonds is 2. The first-order chi connectivity index (χ1) is 11.1. The molecule has 1 spiro atoms. The molecule has 0 unspecified atom stereocenters. The average molecular weight is 323 g/mol. The molecule has 1 N–H and O–H groups in total. The second-order valence-electron chi connectivity index (χ2n) is 7.50. The molecule has 2 atom stereocenters. The number of fused-ring (bicyclic) bond motifs is 3. The predicted octanol–water partition coefficient (Wildman–Crippen LogP) is 1.49. The Labute approximate surface area is 136 Å². The van der Waals surface area contributed by atoms with Gasteiger partial charge in [-0.25, -0.2) is 0 Å². The van der Waals surface area contributed by atoms with Crippen LogP contribution in [-0.4, -0.2) is 54.0 Å². The van der Waals surface area contributed by atoms with Crippen molar-refractivity contribution in [1.29, 1.82) is 0 Å². The number of carbonyl (C=O) groups is 2. The second-order valence-corrected chi connectivity index (χ2v) is 7.50. The van der Waals surface area contributed by atoms with E-state index in [2.05, 4.69) is 0 Å². The quantitative estimate of drug-likeness (QED) is 0.833. The third-order valence-electron chi connectivity index (χ3n) is 6.44. The van der Waals surface area contributed by atoms with E-state index in [0.717, 1.165) is 25.7 Å². The molecule has 3 aliphatic carbocycles. The number of carboxylic acids is 1. The van der Waals surface area contributed by atoms with Gasteiger partial charge in [0.15, 0.2) is 5.79 Å². The van der Waals surface area contributed by atoms with Gasteiger partial charge < -0.3 is 19.5 Å². The van der Waals surface area contributed by atoms with Crippen molar-refractivity contribution in [2.75, 3.05) is 26.3 Å². The average Bonchev–Trinajstić information content (AvgIpc) is 3.03. The van der Waals surface area contributed by atoms with E-state index in [4.69, 9.17) is 9.47 Å². The number of carboxylic acid groups (broad SMARTS) is 1. The van der Waals surface area contributed by atoms with Crippen LogP contribution < -0.4 is 0 Å². The molecule has 0 aromatic heterocycles. The van der Waals surface area contributed by atoms with Gasteiger partial charge in [0.25, 0.3) is 0 Å². The number of aliphatic carboxylic acids is 1. The zero-order chi connectivity index (χ0) is 16.0. The number of hydrogen-bond donors (Lipinski definition) is 1. The summed E-state index contributed by atoms with van der Waals surface area (Å²) in [5.74, 6) is -1.58. The molecule has 5 fully saturated rings. The van der Waals surface area contributed by atoms with Crippen LogP contribution in [0.2, 0.25) is 0 Å². The van der Waals surface area contributed by atoms with Crippen molar-refractivity contribution in [3.63, 3.8) is 0 Å². The Kier molecular flexibility index (Phi) is 3.84. The molecule has 6 nitrogen and oxygen atoms in total. The molecule has 23 heavy (non-hydrogen) atoms. The fraction of sp³-hybridized carbons (Fsp3) is 0.882. The highest BCUT2D eigenvalue weighted by atomic mass is 16.7. The Bertz CT molecular complexity index is 483. The Morgan fingerprint density at radius 3 is 1.96 bits per heavy atom. The van der Waals surface area contributed by atoms with Crippen molar-refractivity contribution < 1.29 is 24.2 Å². The molecule has 6 heteroatoms. The van der Waals surface area contributed by atoms with Gasteiger partial charge in [-0.15, -0.1) is 0 Å². The minimum Gasteiger partial charge on any atom is -0.481 e. The van der Waals surface area contributed by atoms with Gasteiger partial charge in [0, 0.05) is 25.9 Å². The standard InChI is InChI=1S/C17H25NO5/c19-15(18-7-5-17(6-8-18)22-9-10-23-17)13-11-1-3-12(4-2-11)14(13)16(20)21/h11-14H,1-10H2,(H,20,21)/t11?,12?,13-,14+/m1/s1. The minimum atomic E-state index is -0.784. The fourth-order valence-electron chi connectivity index (χ4n) is 5.22. The van der Waals surface area contributed by atoms with Crippen molar-refractivity contribution in [2.45, 2.75) is 44.3 Å². The molecule has 1 amide bonds. The topological polar surface area (TPSA) is 76.1 Å². The summed E-state index contributed by atoms with van der Waals surface area (Å²) in [4.78, 5) is 26.6. The van der Waals surface area contributed by atoms with Crippen LogP contribution >= 0.6 is 0 Å². The lowest BCUT2D eigenvalue weighted by atomic mass is 9.58. The summed E-state index contributed by atoms with van der Waals surface area (Å²) in [6.07, 6.45) is 5.34. The largest absolute Gasteiger partial charge is 0.481 e. The summed E-state index contributed by atoms with van der Waals surface area (Å²) < 4.78 is 11.4. The van der Waals surface area contributed by atoms with Gasteiger partial charge in [0.1, 0.15) is 0 Å². The molecule has 0 radical (unpaired) electrons. The van der Waals surface area contributed by atoms with E-state index in [-0.39, 0.29) is 23.7 Å². The Hall–Kier alpha value is -1.14. The Morgan fingerprint density at radius 1 is 0.913 bits per heavy atom. The molecule has 2 saturated heterocycles. The second kappa shape index (κ2) is 5.74. The minimum absolute atomic E-state index is 0.0552. The molecule has 2 aliphatic heterocycles. The van der Waals surface area contributed by atoms with E-state index in [0.29, 0.717) is 39.1 Å². The molecule has 5 rings (SSSR count). The lowest BCUT2D eigenvalue weighted by Gasteiger charge is -2.48. The van der Waals surface area contributed by atoms with Crippen LogP contribution in [0.1, 0.15) is 38.5 Å². The molecular weight excluding hydrogens is 298 g/mol. The highest BCUT2D eigenvalue weighted by Gasteiger charge is 2.52. The Balaban J connectivity index is 1.47. The molecule has 2 heterocycles. The van der Waals surface area contributed by atoms with E-state index < -0.39 is 17.7 Å². The number of amides is 1. The van der Waals surface area contributed by atoms with Crippen LogP contribution in [0.15, 0.2) is 0 Å². The number of likely N-dealkylation sites (tertiary alicyclic amines) is 1. The van der Waals surface area contributed by atoms with E-state index in [1.165, 1.54) is 0 Å². The first-order valence-corrected chi connectivity index (χ1v) is 8.89. The lowest BCUT2D eigenvalue weighted by Crippen LogP contribution is -2.55. The summed E-state index contributed by atoms with van der Waals surface area (Å²) in [5, 5.41) is 9.63. The van der Waals surface area contributed by atoms with Gasteiger partial charge in [0.05, 0.1) is 25.0 Å². The smallest absolute Gasteiger partial charge is 0.307 e. The Morgan fingerprint density at radius 2 is 1.43 bits per heavy atom. The van der Waals surface area contributed by atoms with Gasteiger partial charge in [0.2, 0.25) is 5.91 Å². The maximum atomic E-state index is 13.0. The van der Waals surface area contributed by atoms with Crippen LogP contribution in [0.25, 0.3) is 0 Å². The first-order valence-electron chi connectivity index (χ1n) is 8.89. The van der Waals surface area contributed by atoms with Crippen LogP contribution in [0, 0.1) is 23.7 Å². The van der Waals surface area contributed by atoms with Crippen LogP contribution in [0.4, 0.5) is 0 Å². The van der Waals surface area contributed by atoms with Gasteiger partial charge in [-0.05, 0) is 37.5 Å². The SMILES string of the molecule is O=C(O)[C@H]1C2CCC(CC2)[C@H]1C(=O)N1CCC2(CC1)OCCO2. The number of ether oxygens (including phenoxy) is 2. The summed E-state index contributed by atoms with van der Waals surface area (Å²) in [5.41, 5.74) is 0. The van der Waals surface area contributed by atoms with E-state index in [1.54, 1.807) is 0 Å². The summed E-state index contributed by atoms with van der Waals surface area (Å²) in [6, 6.07) is 0. The van der Waals surface area contributed by atoms with Crippen molar-refractivity contribution in [3.8, 4) is 0 Å². The number of nitrogens with zero attached hydrogens (tertiary/aromatic N) is 1. The zero-order valence-corrected chi connectivity index (χ0v) is 13.4. The van der Waals surface area contributed by atoms with Gasteiger partial charge in [-0.1, -0.05) is 0 Å². The van der Waals surface area contributed by atoms with Gasteiger partial charge >= 0.3 is 5.97 Å². The molecule has 0 aromatic carbocycles. The third kappa shape index (κ3) is 2.56. The molecule has 5 aliphatic rings. The number of carbonyl (C=O) groups excluding carboxylic acids is 1. The summed E-state index contributed by atoms with van der Waals surface area (Å²) in [6.45, 7) is 2.47. The maximum Gasteiger partial charge on any atom is 0.307 e. The normalized spacial score (nSPS) is 38.9. The van der Waals surface area contributed by atoms with Crippen LogP contribution in [-0.2, 0) is 19.1 Å². The van der Waals surface area contributed by atoms with Crippen LogP contribution in [0.3, 0.4) is 0 Å². The monoisotopic (exact) mass is 323 g/mol. The van der Waals surface area contributed by atoms with Crippen molar-refractivity contribution in [1.82, 2.24) is 4.90 Å². The highest BCUT2D eigenvalue weighted by molar-refractivity contribution is 5.85. The highest BCUT2D eigenvalue weighted by Crippen LogP contribution is 2.50.